The molecule has 0 aliphatic rings. The highest BCUT2D eigenvalue weighted by molar-refractivity contribution is 6.35. The van der Waals surface area contributed by atoms with Crippen LogP contribution in [-0.2, 0) is 11.2 Å². The molecule has 5 nitrogen and oxygen atoms in total. The third-order valence-corrected chi connectivity index (χ3v) is 3.53. The third-order valence-electron chi connectivity index (χ3n) is 3.09. The Hall–Kier alpha value is -2.24. The number of anilines is 1. The number of imidazole rings is 1. The molecular weight excluding hydrogens is 325 g/mol. The number of hydrogen-bond donors (Lipinski definition) is 3. The van der Waals surface area contributed by atoms with Crippen molar-refractivity contribution in [3.63, 3.8) is 0 Å². The van der Waals surface area contributed by atoms with Crippen LogP contribution in [0.15, 0.2) is 41.2 Å². The molecule has 3 rings (SSSR count). The first-order chi connectivity index (χ1) is 10.5. The van der Waals surface area contributed by atoms with Crippen LogP contribution in [0, 0.1) is 0 Å². The molecule has 0 aliphatic heterocycles. The molecule has 0 radical (unpaired) electrons. The van der Waals surface area contributed by atoms with Crippen molar-refractivity contribution in [3.8, 4) is 0 Å². The zero-order chi connectivity index (χ0) is 15.7. The number of carbonyl (C=O) groups is 1. The summed E-state index contributed by atoms with van der Waals surface area (Å²) in [6.45, 7) is 0. The number of aromatic amines is 2. The van der Waals surface area contributed by atoms with Crippen LogP contribution in [0.1, 0.15) is 5.56 Å². The van der Waals surface area contributed by atoms with E-state index >= 15 is 0 Å². The maximum atomic E-state index is 12.1. The van der Waals surface area contributed by atoms with E-state index in [0.29, 0.717) is 26.8 Å². The molecule has 0 bridgehead atoms. The van der Waals surface area contributed by atoms with E-state index < -0.39 is 0 Å². The van der Waals surface area contributed by atoms with Crippen molar-refractivity contribution in [2.45, 2.75) is 6.42 Å². The van der Waals surface area contributed by atoms with Crippen LogP contribution < -0.4 is 11.0 Å². The SMILES string of the molecule is O=C(Cc1ccc2[nH]c(=O)[nH]c2c1)Nc1cc(Cl)cc(Cl)c1. The number of carbonyl (C=O) groups excluding carboxylic acids is 1. The van der Waals surface area contributed by atoms with Crippen molar-refractivity contribution >= 4 is 45.8 Å². The lowest BCUT2D eigenvalue weighted by Gasteiger charge is -2.06. The lowest BCUT2D eigenvalue weighted by molar-refractivity contribution is -0.115. The number of fused-ring (bicyclic) bond motifs is 1. The Morgan fingerprint density at radius 2 is 1.68 bits per heavy atom. The van der Waals surface area contributed by atoms with Crippen LogP contribution in [0.25, 0.3) is 11.0 Å². The molecule has 3 aromatic rings. The van der Waals surface area contributed by atoms with Gasteiger partial charge in [-0.1, -0.05) is 29.3 Å². The second-order valence-electron chi connectivity index (χ2n) is 4.84. The van der Waals surface area contributed by atoms with E-state index in [1.807, 2.05) is 0 Å². The highest BCUT2D eigenvalue weighted by atomic mass is 35.5. The van der Waals surface area contributed by atoms with Crippen molar-refractivity contribution in [1.82, 2.24) is 9.97 Å². The van der Waals surface area contributed by atoms with Crippen molar-refractivity contribution in [2.24, 2.45) is 0 Å². The van der Waals surface area contributed by atoms with Crippen LogP contribution in [0.3, 0.4) is 0 Å². The predicted molar refractivity (Wildman–Crippen MR) is 87.7 cm³/mol. The molecule has 0 fully saturated rings. The maximum absolute atomic E-state index is 12.1. The molecule has 1 amide bonds. The van der Waals surface area contributed by atoms with E-state index in [0.717, 1.165) is 5.56 Å². The van der Waals surface area contributed by atoms with E-state index in [4.69, 9.17) is 23.2 Å². The van der Waals surface area contributed by atoms with Gasteiger partial charge in [-0.25, -0.2) is 4.79 Å². The zero-order valence-electron chi connectivity index (χ0n) is 11.2. The third kappa shape index (κ3) is 3.32. The number of hydrogen-bond acceptors (Lipinski definition) is 2. The number of amides is 1. The van der Waals surface area contributed by atoms with Gasteiger partial charge in [0.15, 0.2) is 0 Å². The minimum Gasteiger partial charge on any atom is -0.326 e. The summed E-state index contributed by atoms with van der Waals surface area (Å²) in [6.07, 6.45) is 0.174. The Labute approximate surface area is 135 Å². The largest absolute Gasteiger partial charge is 0.326 e. The molecule has 1 heterocycles. The molecule has 0 atom stereocenters. The monoisotopic (exact) mass is 335 g/mol. The molecule has 0 spiro atoms. The van der Waals surface area contributed by atoms with Crippen LogP contribution in [0.5, 0.6) is 0 Å². The summed E-state index contributed by atoms with van der Waals surface area (Å²) in [5, 5.41) is 3.64. The molecule has 1 aromatic heterocycles. The van der Waals surface area contributed by atoms with Gasteiger partial charge >= 0.3 is 5.69 Å². The predicted octanol–water partition coefficient (Wildman–Crippen LogP) is 3.34. The van der Waals surface area contributed by atoms with Gasteiger partial charge in [0.1, 0.15) is 0 Å². The maximum Gasteiger partial charge on any atom is 0.323 e. The molecule has 2 aromatic carbocycles. The van der Waals surface area contributed by atoms with Crippen molar-refractivity contribution in [2.75, 3.05) is 5.32 Å². The number of halogens is 2. The minimum absolute atomic E-state index is 0.174. The topological polar surface area (TPSA) is 77.8 Å². The van der Waals surface area contributed by atoms with Crippen LogP contribution in [0.2, 0.25) is 10.0 Å². The van der Waals surface area contributed by atoms with E-state index in [1.54, 1.807) is 36.4 Å². The van der Waals surface area contributed by atoms with Gasteiger partial charge in [0.25, 0.3) is 0 Å². The fourth-order valence-electron chi connectivity index (χ4n) is 2.21. The summed E-state index contributed by atoms with van der Waals surface area (Å²) in [4.78, 5) is 28.6. The molecular formula is C15H11Cl2N3O2. The summed E-state index contributed by atoms with van der Waals surface area (Å²) in [5.74, 6) is -0.199. The van der Waals surface area contributed by atoms with E-state index in [1.165, 1.54) is 0 Å². The van der Waals surface area contributed by atoms with Gasteiger partial charge < -0.3 is 15.3 Å². The van der Waals surface area contributed by atoms with Crippen LogP contribution in [0.4, 0.5) is 5.69 Å². The Kier molecular flexibility index (Phi) is 3.92. The number of nitrogens with one attached hydrogen (secondary N) is 3. The molecule has 112 valence electrons. The molecule has 3 N–H and O–H groups in total. The summed E-state index contributed by atoms with van der Waals surface area (Å²) >= 11 is 11.8. The van der Waals surface area contributed by atoms with Crippen LogP contribution >= 0.6 is 23.2 Å². The molecule has 0 aliphatic carbocycles. The minimum atomic E-state index is -0.273. The first-order valence-electron chi connectivity index (χ1n) is 6.46. The Morgan fingerprint density at radius 1 is 1.00 bits per heavy atom. The Balaban J connectivity index is 1.76. The van der Waals surface area contributed by atoms with Gasteiger partial charge in [-0.3, -0.25) is 4.79 Å². The first kappa shape index (κ1) is 14.7. The summed E-state index contributed by atoms with van der Waals surface area (Å²) in [5.41, 5.74) is 2.43. The van der Waals surface area contributed by atoms with Gasteiger partial charge in [-0.05, 0) is 35.9 Å². The molecule has 0 saturated heterocycles. The van der Waals surface area contributed by atoms with Gasteiger partial charge in [0, 0.05) is 15.7 Å². The Morgan fingerprint density at radius 3 is 2.41 bits per heavy atom. The fraction of sp³-hybridized carbons (Fsp3) is 0.0667. The van der Waals surface area contributed by atoms with Crippen LogP contribution in [-0.4, -0.2) is 15.9 Å². The smallest absolute Gasteiger partial charge is 0.323 e. The summed E-state index contributed by atoms with van der Waals surface area (Å²) in [7, 11) is 0. The van der Waals surface area contributed by atoms with Crippen molar-refractivity contribution < 1.29 is 4.79 Å². The average molecular weight is 336 g/mol. The summed E-state index contributed by atoms with van der Waals surface area (Å²) < 4.78 is 0. The number of aromatic nitrogens is 2. The van der Waals surface area contributed by atoms with Gasteiger partial charge in [0.05, 0.1) is 17.5 Å². The standard InChI is InChI=1S/C15H11Cl2N3O2/c16-9-5-10(17)7-11(6-9)18-14(21)4-8-1-2-12-13(3-8)20-15(22)19-12/h1-3,5-7H,4H2,(H,18,21)(H2,19,20,22). The number of rotatable bonds is 3. The molecule has 22 heavy (non-hydrogen) atoms. The highest BCUT2D eigenvalue weighted by Crippen LogP contribution is 2.22. The van der Waals surface area contributed by atoms with Crippen molar-refractivity contribution in [3.05, 3.63) is 62.5 Å². The lowest BCUT2D eigenvalue weighted by atomic mass is 10.1. The molecule has 7 heteroatoms. The first-order valence-corrected chi connectivity index (χ1v) is 7.22. The number of benzene rings is 2. The second-order valence-corrected chi connectivity index (χ2v) is 5.72. The van der Waals surface area contributed by atoms with E-state index in [2.05, 4.69) is 15.3 Å². The van der Waals surface area contributed by atoms with Gasteiger partial charge in [-0.15, -0.1) is 0 Å². The zero-order valence-corrected chi connectivity index (χ0v) is 12.8. The summed E-state index contributed by atoms with van der Waals surface area (Å²) in [6, 6.07) is 10.1. The van der Waals surface area contributed by atoms with Crippen molar-refractivity contribution in [1.29, 1.82) is 0 Å². The quantitative estimate of drug-likeness (QED) is 0.686. The van der Waals surface area contributed by atoms with E-state index in [9.17, 15) is 9.59 Å². The second kappa shape index (κ2) is 5.87. The number of H-pyrrole nitrogens is 2. The van der Waals surface area contributed by atoms with Gasteiger partial charge in [0.2, 0.25) is 5.91 Å². The van der Waals surface area contributed by atoms with Gasteiger partial charge in [-0.2, -0.15) is 0 Å². The normalized spacial score (nSPS) is 10.8. The highest BCUT2D eigenvalue weighted by Gasteiger charge is 2.07. The van der Waals surface area contributed by atoms with E-state index in [-0.39, 0.29) is 18.0 Å². The fourth-order valence-corrected chi connectivity index (χ4v) is 2.73. The lowest BCUT2D eigenvalue weighted by Crippen LogP contribution is -2.14. The molecule has 0 unspecified atom stereocenters. The Bertz CT molecular complexity index is 894. The average Bonchev–Trinajstić information content (AvgIpc) is 2.76. The molecule has 0 saturated carbocycles.